The maximum Gasteiger partial charge on any atom is 0.338 e. The van der Waals surface area contributed by atoms with Crippen molar-refractivity contribution in [2.75, 3.05) is 18.9 Å². The number of anilines is 1. The quantitative estimate of drug-likeness (QED) is 0.190. The van der Waals surface area contributed by atoms with E-state index in [0.29, 0.717) is 24.4 Å². The number of nitrogens with one attached hydrogen (secondary N) is 1. The second kappa shape index (κ2) is 13.3. The summed E-state index contributed by atoms with van der Waals surface area (Å²) in [6.07, 6.45) is 13.4. The van der Waals surface area contributed by atoms with Gasteiger partial charge in [-0.3, -0.25) is 0 Å². The summed E-state index contributed by atoms with van der Waals surface area (Å²) in [7, 11) is 0. The number of aliphatic hydroxyl groups is 1. The topological polar surface area (TPSA) is 84.6 Å². The van der Waals surface area contributed by atoms with Crippen LogP contribution in [0.3, 0.4) is 0 Å². The van der Waals surface area contributed by atoms with Gasteiger partial charge < -0.3 is 20.9 Å². The van der Waals surface area contributed by atoms with E-state index in [1.165, 1.54) is 32.1 Å². The summed E-state index contributed by atoms with van der Waals surface area (Å²) in [6, 6.07) is 3.63. The van der Waals surface area contributed by atoms with Gasteiger partial charge in [-0.1, -0.05) is 51.9 Å². The number of nitrogen functional groups attached to an aromatic ring is 1. The number of carbonyl (C=O) groups excluding carboxylic acids is 1. The van der Waals surface area contributed by atoms with E-state index in [4.69, 9.17) is 15.6 Å². The number of esters is 1. The summed E-state index contributed by atoms with van der Waals surface area (Å²) in [4.78, 5) is 12.5. The SMILES string of the molecule is CCC1(NCc2cc(C(=O)OCCCCCCCCO)cc(Br)c2N)CCCCC1. The van der Waals surface area contributed by atoms with Crippen LogP contribution in [0.1, 0.15) is 99.9 Å². The molecule has 2 rings (SSSR count). The van der Waals surface area contributed by atoms with Crippen LogP contribution in [0.25, 0.3) is 0 Å². The molecule has 0 aromatic heterocycles. The Labute approximate surface area is 190 Å². The Balaban J connectivity index is 1.86. The molecule has 0 amide bonds. The van der Waals surface area contributed by atoms with Crippen molar-refractivity contribution in [1.29, 1.82) is 0 Å². The summed E-state index contributed by atoms with van der Waals surface area (Å²) in [5, 5.41) is 12.5. The van der Waals surface area contributed by atoms with E-state index in [1.54, 1.807) is 6.07 Å². The molecule has 1 saturated carbocycles. The number of carbonyl (C=O) groups is 1. The maximum atomic E-state index is 12.5. The second-order valence-electron chi connectivity index (χ2n) is 8.56. The average molecular weight is 483 g/mol. The monoisotopic (exact) mass is 482 g/mol. The van der Waals surface area contributed by atoms with Gasteiger partial charge in [0.05, 0.1) is 17.9 Å². The molecular weight excluding hydrogens is 444 g/mol. The molecule has 0 radical (unpaired) electrons. The Kier molecular flexibility index (Phi) is 11.2. The number of halogens is 1. The Morgan fingerprint density at radius 3 is 2.47 bits per heavy atom. The van der Waals surface area contributed by atoms with Crippen LogP contribution in [-0.2, 0) is 11.3 Å². The zero-order chi connectivity index (χ0) is 21.8. The fraction of sp³-hybridized carbons (Fsp3) is 0.708. The molecule has 170 valence electrons. The van der Waals surface area contributed by atoms with Gasteiger partial charge in [-0.2, -0.15) is 0 Å². The van der Waals surface area contributed by atoms with Crippen molar-refractivity contribution in [2.45, 2.75) is 96.1 Å². The molecule has 5 nitrogen and oxygen atoms in total. The van der Waals surface area contributed by atoms with Crippen LogP contribution >= 0.6 is 15.9 Å². The maximum absolute atomic E-state index is 12.5. The zero-order valence-corrected chi connectivity index (χ0v) is 20.1. The highest BCUT2D eigenvalue weighted by atomic mass is 79.9. The summed E-state index contributed by atoms with van der Waals surface area (Å²) in [5.74, 6) is -0.292. The molecule has 0 heterocycles. The number of unbranched alkanes of at least 4 members (excludes halogenated alkanes) is 5. The molecular formula is C24H39BrN2O3. The third-order valence-electron chi connectivity index (χ3n) is 6.38. The number of benzene rings is 1. The molecule has 1 aliphatic carbocycles. The first-order valence-electron chi connectivity index (χ1n) is 11.6. The largest absolute Gasteiger partial charge is 0.462 e. The Bertz CT molecular complexity index is 660. The normalized spacial score (nSPS) is 15.8. The number of hydrogen-bond acceptors (Lipinski definition) is 5. The Morgan fingerprint density at radius 2 is 1.80 bits per heavy atom. The van der Waals surface area contributed by atoms with Crippen molar-refractivity contribution in [3.05, 3.63) is 27.7 Å². The Morgan fingerprint density at radius 1 is 1.13 bits per heavy atom. The van der Waals surface area contributed by atoms with Crippen LogP contribution in [0, 0.1) is 0 Å². The van der Waals surface area contributed by atoms with Gasteiger partial charge in [0.25, 0.3) is 0 Å². The molecule has 1 aliphatic rings. The van der Waals surface area contributed by atoms with Crippen molar-refractivity contribution in [3.63, 3.8) is 0 Å². The van der Waals surface area contributed by atoms with Crippen molar-refractivity contribution < 1.29 is 14.6 Å². The molecule has 4 N–H and O–H groups in total. The van der Waals surface area contributed by atoms with E-state index in [9.17, 15) is 4.79 Å². The van der Waals surface area contributed by atoms with Crippen LogP contribution in [-0.4, -0.2) is 29.8 Å². The number of nitrogens with two attached hydrogens (primary N) is 1. The summed E-state index contributed by atoms with van der Waals surface area (Å²) >= 11 is 3.51. The first-order valence-corrected chi connectivity index (χ1v) is 12.4. The fourth-order valence-electron chi connectivity index (χ4n) is 4.27. The Hall–Kier alpha value is -1.11. The lowest BCUT2D eigenvalue weighted by molar-refractivity contribution is 0.0497. The van der Waals surface area contributed by atoms with Gasteiger partial charge in [0.15, 0.2) is 0 Å². The van der Waals surface area contributed by atoms with Crippen molar-refractivity contribution in [3.8, 4) is 0 Å². The summed E-state index contributed by atoms with van der Waals surface area (Å²) < 4.78 is 6.22. The number of hydrogen-bond donors (Lipinski definition) is 3. The predicted octanol–water partition coefficient (Wildman–Crippen LogP) is 5.72. The first kappa shape index (κ1) is 25.2. The highest BCUT2D eigenvalue weighted by Crippen LogP contribution is 2.32. The van der Waals surface area contributed by atoms with Crippen molar-refractivity contribution in [1.82, 2.24) is 5.32 Å². The van der Waals surface area contributed by atoms with Gasteiger partial charge in [0.1, 0.15) is 0 Å². The lowest BCUT2D eigenvalue weighted by Crippen LogP contribution is -2.45. The van der Waals surface area contributed by atoms with Gasteiger partial charge in [0, 0.05) is 23.2 Å². The highest BCUT2D eigenvalue weighted by Gasteiger charge is 2.29. The average Bonchev–Trinajstić information content (AvgIpc) is 2.77. The molecule has 0 bridgehead atoms. The molecule has 0 saturated heterocycles. The highest BCUT2D eigenvalue weighted by molar-refractivity contribution is 9.10. The van der Waals surface area contributed by atoms with E-state index in [2.05, 4.69) is 28.2 Å². The van der Waals surface area contributed by atoms with Gasteiger partial charge in [-0.05, 0) is 65.7 Å². The van der Waals surface area contributed by atoms with Crippen LogP contribution in [0.5, 0.6) is 0 Å². The van der Waals surface area contributed by atoms with E-state index < -0.39 is 0 Å². The van der Waals surface area contributed by atoms with E-state index in [1.807, 2.05) is 6.07 Å². The standard InChI is InChI=1S/C24H39BrN2O3/c1-2-24(12-8-7-9-13-24)27-18-20-16-19(17-21(25)22(20)26)23(29)30-15-11-6-4-3-5-10-14-28/h16-17,27-28H,2-15,18,26H2,1H3. The molecule has 0 spiro atoms. The van der Waals surface area contributed by atoms with Gasteiger partial charge in [0.2, 0.25) is 0 Å². The number of rotatable bonds is 13. The number of aliphatic hydroxyl groups excluding tert-OH is 1. The van der Waals surface area contributed by atoms with Crippen LogP contribution in [0.2, 0.25) is 0 Å². The van der Waals surface area contributed by atoms with Gasteiger partial charge >= 0.3 is 5.97 Å². The minimum absolute atomic E-state index is 0.185. The van der Waals surface area contributed by atoms with Gasteiger partial charge in [-0.25, -0.2) is 4.79 Å². The minimum atomic E-state index is -0.292. The molecule has 1 aromatic carbocycles. The van der Waals surface area contributed by atoms with Gasteiger partial charge in [-0.15, -0.1) is 0 Å². The molecule has 1 fully saturated rings. The molecule has 6 heteroatoms. The molecule has 1 aromatic rings. The zero-order valence-electron chi connectivity index (χ0n) is 18.5. The van der Waals surface area contributed by atoms with Crippen molar-refractivity contribution in [2.24, 2.45) is 0 Å². The van der Waals surface area contributed by atoms with E-state index >= 15 is 0 Å². The fourth-order valence-corrected chi connectivity index (χ4v) is 4.78. The smallest absolute Gasteiger partial charge is 0.338 e. The third-order valence-corrected chi connectivity index (χ3v) is 7.03. The second-order valence-corrected chi connectivity index (χ2v) is 9.41. The van der Waals surface area contributed by atoms with Crippen LogP contribution in [0.4, 0.5) is 5.69 Å². The third kappa shape index (κ3) is 7.86. The first-order chi connectivity index (χ1) is 14.5. The lowest BCUT2D eigenvalue weighted by atomic mass is 9.79. The van der Waals surface area contributed by atoms with Crippen LogP contribution in [0.15, 0.2) is 16.6 Å². The summed E-state index contributed by atoms with van der Waals surface area (Å²) in [5.41, 5.74) is 8.65. The van der Waals surface area contributed by atoms with E-state index in [0.717, 1.165) is 55.0 Å². The summed E-state index contributed by atoms with van der Waals surface area (Å²) in [6.45, 7) is 3.62. The molecule has 0 unspecified atom stereocenters. The van der Waals surface area contributed by atoms with Crippen LogP contribution < -0.4 is 11.1 Å². The molecule has 30 heavy (non-hydrogen) atoms. The predicted molar refractivity (Wildman–Crippen MR) is 127 cm³/mol. The number of ether oxygens (including phenoxy) is 1. The lowest BCUT2D eigenvalue weighted by Gasteiger charge is -2.38. The van der Waals surface area contributed by atoms with Crippen molar-refractivity contribution >= 4 is 27.6 Å². The molecule has 0 aliphatic heterocycles. The minimum Gasteiger partial charge on any atom is -0.462 e. The van der Waals surface area contributed by atoms with E-state index in [-0.39, 0.29) is 18.1 Å². The molecule has 0 atom stereocenters.